The Hall–Kier alpha value is -1.36. The Morgan fingerprint density at radius 3 is 2.94 bits per heavy atom. The van der Waals surface area contributed by atoms with Gasteiger partial charge in [0.1, 0.15) is 11.6 Å². The number of H-pyrrole nitrogens is 1. The van der Waals surface area contributed by atoms with Gasteiger partial charge in [0, 0.05) is 32.2 Å². The lowest BCUT2D eigenvalue weighted by Crippen LogP contribution is -2.26. The van der Waals surface area contributed by atoms with E-state index in [9.17, 15) is 4.79 Å². The zero-order valence-corrected chi connectivity index (χ0v) is 10.6. The van der Waals surface area contributed by atoms with Crippen LogP contribution in [0, 0.1) is 0 Å². The summed E-state index contributed by atoms with van der Waals surface area (Å²) >= 11 is 0. The van der Waals surface area contributed by atoms with Crippen LogP contribution in [0.1, 0.15) is 32.0 Å². The molecule has 5 nitrogen and oxygen atoms in total. The lowest BCUT2D eigenvalue weighted by molar-refractivity contribution is 0.121. The molecule has 1 N–H and O–H groups in total. The van der Waals surface area contributed by atoms with E-state index in [0.29, 0.717) is 0 Å². The van der Waals surface area contributed by atoms with Crippen LogP contribution in [0.5, 0.6) is 0 Å². The van der Waals surface area contributed by atoms with Crippen LogP contribution in [0.4, 0.5) is 5.82 Å². The van der Waals surface area contributed by atoms with Crippen molar-refractivity contribution in [1.29, 1.82) is 0 Å². The average molecular weight is 237 g/mol. The lowest BCUT2D eigenvalue weighted by Gasteiger charge is -2.18. The third kappa shape index (κ3) is 2.66. The van der Waals surface area contributed by atoms with Gasteiger partial charge in [-0.25, -0.2) is 4.98 Å². The minimum atomic E-state index is -0.0837. The maximum absolute atomic E-state index is 11.6. The van der Waals surface area contributed by atoms with Gasteiger partial charge >= 0.3 is 0 Å². The van der Waals surface area contributed by atoms with Gasteiger partial charge in [-0.1, -0.05) is 13.8 Å². The summed E-state index contributed by atoms with van der Waals surface area (Å²) in [4.78, 5) is 20.9. The van der Waals surface area contributed by atoms with Crippen LogP contribution in [0.25, 0.3) is 0 Å². The Morgan fingerprint density at radius 2 is 2.35 bits per heavy atom. The monoisotopic (exact) mass is 237 g/mol. The molecule has 1 fully saturated rings. The molecule has 17 heavy (non-hydrogen) atoms. The van der Waals surface area contributed by atoms with E-state index in [1.807, 2.05) is 13.8 Å². The van der Waals surface area contributed by atoms with E-state index in [1.54, 1.807) is 13.2 Å². The van der Waals surface area contributed by atoms with E-state index in [2.05, 4.69) is 14.9 Å². The van der Waals surface area contributed by atoms with E-state index in [0.717, 1.165) is 31.2 Å². The largest absolute Gasteiger partial charge is 0.380 e. The number of nitrogens with zero attached hydrogens (tertiary/aromatic N) is 2. The topological polar surface area (TPSA) is 58.2 Å². The number of hydrogen-bond donors (Lipinski definition) is 1. The normalized spacial score (nSPS) is 20.2. The number of ether oxygens (including phenoxy) is 1. The molecular formula is C12H19N3O2. The molecule has 0 radical (unpaired) electrons. The van der Waals surface area contributed by atoms with Crippen molar-refractivity contribution in [2.75, 3.05) is 25.1 Å². The summed E-state index contributed by atoms with van der Waals surface area (Å²) in [5, 5.41) is 0. The number of methoxy groups -OCH3 is 1. The highest BCUT2D eigenvalue weighted by atomic mass is 16.5. The molecule has 0 spiro atoms. The van der Waals surface area contributed by atoms with Gasteiger partial charge in [-0.05, 0) is 6.42 Å². The van der Waals surface area contributed by atoms with Gasteiger partial charge in [-0.15, -0.1) is 0 Å². The maximum atomic E-state index is 11.6. The van der Waals surface area contributed by atoms with Gasteiger partial charge in [-0.3, -0.25) is 4.79 Å². The third-order valence-electron chi connectivity index (χ3n) is 3.10. The molecule has 1 saturated heterocycles. The summed E-state index contributed by atoms with van der Waals surface area (Å²) in [6.07, 6.45) is 1.24. The smallest absolute Gasteiger partial charge is 0.252 e. The van der Waals surface area contributed by atoms with Gasteiger partial charge in [0.05, 0.1) is 6.10 Å². The van der Waals surface area contributed by atoms with Crippen LogP contribution in [0.3, 0.4) is 0 Å². The molecule has 0 amide bonds. The molecule has 0 bridgehead atoms. The number of anilines is 1. The molecule has 1 aromatic heterocycles. The van der Waals surface area contributed by atoms with E-state index in [1.165, 1.54) is 0 Å². The zero-order valence-electron chi connectivity index (χ0n) is 10.6. The van der Waals surface area contributed by atoms with Gasteiger partial charge in [0.2, 0.25) is 0 Å². The molecule has 0 saturated carbocycles. The number of hydrogen-bond acceptors (Lipinski definition) is 4. The van der Waals surface area contributed by atoms with Crippen LogP contribution in [-0.4, -0.2) is 36.3 Å². The molecule has 0 aromatic carbocycles. The number of rotatable bonds is 3. The summed E-state index contributed by atoms with van der Waals surface area (Å²) < 4.78 is 5.32. The molecule has 1 atom stereocenters. The highest BCUT2D eigenvalue weighted by Gasteiger charge is 2.23. The van der Waals surface area contributed by atoms with Gasteiger partial charge in [-0.2, -0.15) is 0 Å². The van der Waals surface area contributed by atoms with Gasteiger partial charge in [0.25, 0.3) is 5.56 Å². The molecule has 0 aliphatic carbocycles. The molecule has 2 heterocycles. The molecule has 5 heteroatoms. The summed E-state index contributed by atoms with van der Waals surface area (Å²) in [5.74, 6) is 1.73. The summed E-state index contributed by atoms with van der Waals surface area (Å²) in [6.45, 7) is 5.74. The van der Waals surface area contributed by atoms with Crippen molar-refractivity contribution in [3.05, 3.63) is 22.2 Å². The first-order chi connectivity index (χ1) is 8.10. The Bertz CT molecular complexity index is 442. The second-order valence-corrected chi connectivity index (χ2v) is 4.74. The molecule has 2 rings (SSSR count). The Morgan fingerprint density at radius 1 is 1.59 bits per heavy atom. The second kappa shape index (κ2) is 4.87. The fraction of sp³-hybridized carbons (Fsp3) is 0.667. The lowest BCUT2D eigenvalue weighted by atomic mass is 10.2. The standard InChI is InChI=1S/C12H19N3O2/c1-8(2)12-13-10(6-11(16)14-12)15-5-4-9(7-15)17-3/h6,8-9H,4-5,7H2,1-3H3,(H,13,14,16). The van der Waals surface area contributed by atoms with Crippen LogP contribution >= 0.6 is 0 Å². The van der Waals surface area contributed by atoms with E-state index in [4.69, 9.17) is 4.74 Å². The number of aromatic amines is 1. The van der Waals surface area contributed by atoms with Crippen LogP contribution in [-0.2, 0) is 4.74 Å². The quantitative estimate of drug-likeness (QED) is 0.855. The van der Waals surface area contributed by atoms with Crippen molar-refractivity contribution in [3.8, 4) is 0 Å². The van der Waals surface area contributed by atoms with E-state index in [-0.39, 0.29) is 17.6 Å². The molecule has 1 aliphatic heterocycles. The maximum Gasteiger partial charge on any atom is 0.252 e. The fourth-order valence-electron chi connectivity index (χ4n) is 2.03. The molecule has 1 aromatic rings. The van der Waals surface area contributed by atoms with Crippen molar-refractivity contribution >= 4 is 5.82 Å². The van der Waals surface area contributed by atoms with Crippen molar-refractivity contribution in [3.63, 3.8) is 0 Å². The first-order valence-corrected chi connectivity index (χ1v) is 5.99. The summed E-state index contributed by atoms with van der Waals surface area (Å²) in [7, 11) is 1.72. The highest BCUT2D eigenvalue weighted by Crippen LogP contribution is 2.19. The van der Waals surface area contributed by atoms with Gasteiger partial charge in [0.15, 0.2) is 0 Å². The number of nitrogens with one attached hydrogen (secondary N) is 1. The fourth-order valence-corrected chi connectivity index (χ4v) is 2.03. The predicted molar refractivity (Wildman–Crippen MR) is 66.6 cm³/mol. The third-order valence-corrected chi connectivity index (χ3v) is 3.10. The van der Waals surface area contributed by atoms with E-state index >= 15 is 0 Å². The van der Waals surface area contributed by atoms with Crippen molar-refractivity contribution < 1.29 is 4.74 Å². The Labute approximate surface area is 101 Å². The predicted octanol–water partition coefficient (Wildman–Crippen LogP) is 1.12. The minimum absolute atomic E-state index is 0.0837. The van der Waals surface area contributed by atoms with Crippen LogP contribution < -0.4 is 10.5 Å². The van der Waals surface area contributed by atoms with E-state index < -0.39 is 0 Å². The first kappa shape index (κ1) is 12.1. The minimum Gasteiger partial charge on any atom is -0.380 e. The Kier molecular flexibility index (Phi) is 3.47. The van der Waals surface area contributed by atoms with Crippen molar-refractivity contribution in [1.82, 2.24) is 9.97 Å². The first-order valence-electron chi connectivity index (χ1n) is 5.99. The molecular weight excluding hydrogens is 218 g/mol. The van der Waals surface area contributed by atoms with Crippen molar-refractivity contribution in [2.24, 2.45) is 0 Å². The zero-order chi connectivity index (χ0) is 12.4. The molecule has 94 valence electrons. The second-order valence-electron chi connectivity index (χ2n) is 4.74. The molecule has 1 unspecified atom stereocenters. The highest BCUT2D eigenvalue weighted by molar-refractivity contribution is 5.39. The SMILES string of the molecule is COC1CCN(c2cc(=O)[nH]c(C(C)C)n2)C1. The average Bonchev–Trinajstić information content (AvgIpc) is 2.76. The summed E-state index contributed by atoms with van der Waals surface area (Å²) in [6, 6.07) is 1.56. The van der Waals surface area contributed by atoms with Crippen molar-refractivity contribution in [2.45, 2.75) is 32.3 Å². The number of aromatic nitrogens is 2. The van der Waals surface area contributed by atoms with Gasteiger partial charge < -0.3 is 14.6 Å². The van der Waals surface area contributed by atoms with Crippen LogP contribution in [0.2, 0.25) is 0 Å². The Balaban J connectivity index is 2.24. The molecule has 1 aliphatic rings. The van der Waals surface area contributed by atoms with Crippen LogP contribution in [0.15, 0.2) is 10.9 Å². The summed E-state index contributed by atoms with van der Waals surface area (Å²) in [5.41, 5.74) is -0.0837.